The zero-order chi connectivity index (χ0) is 18.8. The fourth-order valence-corrected chi connectivity index (χ4v) is 3.97. The summed E-state index contributed by atoms with van der Waals surface area (Å²) in [5, 5.41) is 0.678. The van der Waals surface area contributed by atoms with Gasteiger partial charge in [0.15, 0.2) is 0 Å². The lowest BCUT2D eigenvalue weighted by Crippen LogP contribution is -2.51. The highest BCUT2D eigenvalue weighted by Gasteiger charge is 2.31. The van der Waals surface area contributed by atoms with Crippen molar-refractivity contribution in [3.63, 3.8) is 0 Å². The first-order valence-electron chi connectivity index (χ1n) is 9.23. The molecule has 4 rings (SSSR count). The van der Waals surface area contributed by atoms with Gasteiger partial charge in [0.2, 0.25) is 5.91 Å². The van der Waals surface area contributed by atoms with Gasteiger partial charge in [0.05, 0.1) is 13.0 Å². The molecule has 1 fully saturated rings. The van der Waals surface area contributed by atoms with Gasteiger partial charge in [0.1, 0.15) is 18.1 Å². The fraction of sp³-hybridized carbons (Fsp3) is 0.381. The van der Waals surface area contributed by atoms with Gasteiger partial charge in [-0.05, 0) is 42.3 Å². The molecule has 5 nitrogen and oxygen atoms in total. The molecule has 2 aliphatic heterocycles. The minimum atomic E-state index is -0.140. The number of hydrogen-bond acceptors (Lipinski definition) is 4. The Morgan fingerprint density at radius 2 is 1.96 bits per heavy atom. The first-order valence-corrected chi connectivity index (χ1v) is 9.61. The van der Waals surface area contributed by atoms with Crippen molar-refractivity contribution in [2.75, 3.05) is 44.8 Å². The van der Waals surface area contributed by atoms with Crippen LogP contribution in [0.25, 0.3) is 0 Å². The van der Waals surface area contributed by atoms with Crippen LogP contribution in [0.2, 0.25) is 5.02 Å². The summed E-state index contributed by atoms with van der Waals surface area (Å²) in [7, 11) is 1.67. The fourth-order valence-electron chi connectivity index (χ4n) is 3.77. The second-order valence-electron chi connectivity index (χ2n) is 6.98. The number of fused-ring (bicyclic) bond motifs is 1. The van der Waals surface area contributed by atoms with Gasteiger partial charge < -0.3 is 19.3 Å². The molecule has 0 spiro atoms. The average Bonchev–Trinajstić information content (AvgIpc) is 2.73. The minimum absolute atomic E-state index is 0.140. The zero-order valence-electron chi connectivity index (χ0n) is 15.4. The van der Waals surface area contributed by atoms with Crippen LogP contribution in [0.15, 0.2) is 42.5 Å². The normalized spacial score (nSPS) is 19.3. The van der Waals surface area contributed by atoms with Gasteiger partial charge in [0.25, 0.3) is 0 Å². The number of carbonyl (C=O) groups is 1. The van der Waals surface area contributed by atoms with Crippen LogP contribution in [-0.2, 0) is 11.2 Å². The van der Waals surface area contributed by atoms with E-state index < -0.39 is 0 Å². The lowest BCUT2D eigenvalue weighted by Gasteiger charge is -2.38. The number of amides is 1. The summed E-state index contributed by atoms with van der Waals surface area (Å²) in [6.07, 6.45) is 0.685. The molecule has 0 N–H and O–H groups in total. The van der Waals surface area contributed by atoms with E-state index in [4.69, 9.17) is 21.1 Å². The minimum Gasteiger partial charge on any atom is -0.497 e. The van der Waals surface area contributed by atoms with Gasteiger partial charge in [-0.2, -0.15) is 0 Å². The lowest BCUT2D eigenvalue weighted by molar-refractivity contribution is -0.137. The molecule has 2 aromatic rings. The highest BCUT2D eigenvalue weighted by molar-refractivity contribution is 6.30. The maximum absolute atomic E-state index is 13.0. The number of hydrogen-bond donors (Lipinski definition) is 0. The van der Waals surface area contributed by atoms with E-state index in [1.807, 2.05) is 41.3 Å². The van der Waals surface area contributed by atoms with Crippen LogP contribution < -0.4 is 14.4 Å². The summed E-state index contributed by atoms with van der Waals surface area (Å²) in [6.45, 7) is 3.50. The second kappa shape index (κ2) is 7.69. The molecule has 0 aliphatic carbocycles. The van der Waals surface area contributed by atoms with Crippen LogP contribution in [0.1, 0.15) is 5.56 Å². The van der Waals surface area contributed by atoms with E-state index in [2.05, 4.69) is 11.0 Å². The van der Waals surface area contributed by atoms with Crippen LogP contribution in [0, 0.1) is 5.92 Å². The molecular formula is C21H23ClN2O3. The molecule has 142 valence electrons. The van der Waals surface area contributed by atoms with E-state index in [0.717, 1.165) is 48.9 Å². The standard InChI is InChI=1S/C21H23ClN2O3/c1-26-19-4-2-3-18(13-19)23-7-9-24(10-8-23)21(25)16-11-15-12-17(22)5-6-20(15)27-14-16/h2-6,12-13,16H,7-11,14H2,1H3/t16-/m0/s1. The van der Waals surface area contributed by atoms with Gasteiger partial charge >= 0.3 is 0 Å². The average molecular weight is 387 g/mol. The number of ether oxygens (including phenoxy) is 2. The van der Waals surface area contributed by atoms with Crippen molar-refractivity contribution in [1.29, 1.82) is 0 Å². The number of nitrogens with zero attached hydrogens (tertiary/aromatic N) is 2. The first-order chi connectivity index (χ1) is 13.1. The number of rotatable bonds is 3. The molecule has 0 radical (unpaired) electrons. The molecule has 0 saturated carbocycles. The maximum Gasteiger partial charge on any atom is 0.229 e. The van der Waals surface area contributed by atoms with Crippen LogP contribution in [0.5, 0.6) is 11.5 Å². The number of carbonyl (C=O) groups excluding carboxylic acids is 1. The largest absolute Gasteiger partial charge is 0.497 e. The third-order valence-corrected chi connectivity index (χ3v) is 5.52. The van der Waals surface area contributed by atoms with Crippen molar-refractivity contribution in [1.82, 2.24) is 4.90 Å². The number of anilines is 1. The van der Waals surface area contributed by atoms with E-state index in [-0.39, 0.29) is 11.8 Å². The van der Waals surface area contributed by atoms with Crippen LogP contribution in [0.4, 0.5) is 5.69 Å². The summed E-state index contributed by atoms with van der Waals surface area (Å²) in [6, 6.07) is 13.6. The Balaban J connectivity index is 1.37. The molecule has 1 amide bonds. The molecule has 0 aromatic heterocycles. The highest BCUT2D eigenvalue weighted by atomic mass is 35.5. The molecule has 2 heterocycles. The molecule has 6 heteroatoms. The maximum atomic E-state index is 13.0. The van der Waals surface area contributed by atoms with Gasteiger partial charge in [-0.15, -0.1) is 0 Å². The van der Waals surface area contributed by atoms with E-state index in [9.17, 15) is 4.79 Å². The second-order valence-corrected chi connectivity index (χ2v) is 7.41. The zero-order valence-corrected chi connectivity index (χ0v) is 16.1. The Hall–Kier alpha value is -2.40. The van der Waals surface area contributed by atoms with E-state index >= 15 is 0 Å². The molecule has 0 unspecified atom stereocenters. The Labute approximate surface area is 164 Å². The number of benzene rings is 2. The van der Waals surface area contributed by atoms with E-state index in [0.29, 0.717) is 18.1 Å². The summed E-state index contributed by atoms with van der Waals surface area (Å²) < 4.78 is 11.1. The van der Waals surface area contributed by atoms with Crippen LogP contribution >= 0.6 is 11.6 Å². The third-order valence-electron chi connectivity index (χ3n) is 5.29. The first kappa shape index (κ1) is 18.0. The van der Waals surface area contributed by atoms with Crippen LogP contribution in [0.3, 0.4) is 0 Å². The van der Waals surface area contributed by atoms with Crippen molar-refractivity contribution < 1.29 is 14.3 Å². The van der Waals surface area contributed by atoms with Crippen molar-refractivity contribution in [2.24, 2.45) is 5.92 Å². The Morgan fingerprint density at radius 3 is 2.74 bits per heavy atom. The predicted octanol–water partition coefficient (Wildman–Crippen LogP) is 3.25. The highest BCUT2D eigenvalue weighted by Crippen LogP contribution is 2.31. The quantitative estimate of drug-likeness (QED) is 0.812. The predicted molar refractivity (Wildman–Crippen MR) is 106 cm³/mol. The van der Waals surface area contributed by atoms with Gasteiger partial charge in [-0.1, -0.05) is 17.7 Å². The summed E-state index contributed by atoms with van der Waals surface area (Å²) in [5.41, 5.74) is 2.15. The van der Waals surface area contributed by atoms with Crippen molar-refractivity contribution in [3.05, 3.63) is 53.1 Å². The summed E-state index contributed by atoms with van der Waals surface area (Å²) in [4.78, 5) is 17.2. The van der Waals surface area contributed by atoms with Crippen LogP contribution in [-0.4, -0.2) is 50.7 Å². The smallest absolute Gasteiger partial charge is 0.229 e. The Morgan fingerprint density at radius 1 is 1.15 bits per heavy atom. The van der Waals surface area contributed by atoms with E-state index in [1.54, 1.807) is 7.11 Å². The number of piperazine rings is 1. The van der Waals surface area contributed by atoms with Gasteiger partial charge in [-0.25, -0.2) is 0 Å². The van der Waals surface area contributed by atoms with E-state index in [1.165, 1.54) is 0 Å². The molecular weight excluding hydrogens is 364 g/mol. The van der Waals surface area contributed by atoms with Crippen molar-refractivity contribution in [3.8, 4) is 11.5 Å². The van der Waals surface area contributed by atoms with Gasteiger partial charge in [-0.3, -0.25) is 4.79 Å². The molecule has 2 aliphatic rings. The summed E-state index contributed by atoms with van der Waals surface area (Å²) in [5.74, 6) is 1.72. The van der Waals surface area contributed by atoms with Crippen molar-refractivity contribution in [2.45, 2.75) is 6.42 Å². The molecule has 0 bridgehead atoms. The molecule has 27 heavy (non-hydrogen) atoms. The molecule has 1 atom stereocenters. The monoisotopic (exact) mass is 386 g/mol. The van der Waals surface area contributed by atoms with Crippen molar-refractivity contribution >= 4 is 23.2 Å². The molecule has 1 saturated heterocycles. The SMILES string of the molecule is COc1cccc(N2CCN(C(=O)[C@@H]3COc4ccc(Cl)cc4C3)CC2)c1. The Kier molecular flexibility index (Phi) is 5.12. The molecule has 2 aromatic carbocycles. The summed E-state index contributed by atoms with van der Waals surface area (Å²) >= 11 is 6.08. The lowest BCUT2D eigenvalue weighted by atomic mass is 9.95. The topological polar surface area (TPSA) is 42.0 Å². The van der Waals surface area contributed by atoms with Gasteiger partial charge in [0, 0.05) is 43.0 Å². The number of halogens is 1. The third kappa shape index (κ3) is 3.83. The Bertz CT molecular complexity index is 834. The number of methoxy groups -OCH3 is 1.